The highest BCUT2D eigenvalue weighted by molar-refractivity contribution is 7.47. The molecule has 0 spiro atoms. The van der Waals surface area contributed by atoms with Gasteiger partial charge in [-0.05, 0) is 57.8 Å². The van der Waals surface area contributed by atoms with Crippen LogP contribution in [0.15, 0.2) is 60.8 Å². The van der Waals surface area contributed by atoms with E-state index in [2.05, 4.69) is 79.9 Å². The number of unbranched alkanes of at least 4 members (excludes halogenated alkanes) is 28. The molecule has 0 aromatic heterocycles. The molecule has 3 atom stereocenters. The third-order valence-corrected chi connectivity index (χ3v) is 13.5. The normalized spacial score (nSPS) is 14.4. The van der Waals surface area contributed by atoms with E-state index in [4.69, 9.17) is 9.05 Å². The van der Waals surface area contributed by atoms with Gasteiger partial charge in [0.2, 0.25) is 5.91 Å². The molecule has 0 aliphatic rings. The van der Waals surface area contributed by atoms with Crippen LogP contribution in [-0.4, -0.2) is 73.4 Å². The molecule has 3 unspecified atom stereocenters. The molecule has 9 heteroatoms. The summed E-state index contributed by atoms with van der Waals surface area (Å²) >= 11 is 0. The van der Waals surface area contributed by atoms with Crippen molar-refractivity contribution >= 4 is 13.7 Å². The maximum Gasteiger partial charge on any atom is 0.472 e. The zero-order valence-electron chi connectivity index (χ0n) is 44.6. The molecule has 0 aromatic rings. The van der Waals surface area contributed by atoms with Gasteiger partial charge in [-0.3, -0.25) is 13.8 Å². The van der Waals surface area contributed by atoms with Crippen LogP contribution in [0.1, 0.15) is 251 Å². The van der Waals surface area contributed by atoms with Gasteiger partial charge in [-0.15, -0.1) is 0 Å². The van der Waals surface area contributed by atoms with Crippen molar-refractivity contribution in [2.75, 3.05) is 40.9 Å². The van der Waals surface area contributed by atoms with Crippen molar-refractivity contribution < 1.29 is 32.9 Å². The van der Waals surface area contributed by atoms with Gasteiger partial charge >= 0.3 is 7.82 Å². The summed E-state index contributed by atoms with van der Waals surface area (Å²) in [7, 11) is 1.62. The number of aliphatic hydroxyl groups excluding tert-OH is 1. The number of rotatable bonds is 51. The Balaban J connectivity index is 3.92. The molecule has 0 rings (SSSR count). The van der Waals surface area contributed by atoms with Crippen LogP contribution in [0.4, 0.5) is 0 Å². The third kappa shape index (κ3) is 51.9. The van der Waals surface area contributed by atoms with Crippen LogP contribution in [-0.2, 0) is 18.4 Å². The fraction of sp³-hybridized carbons (Fsp3) is 0.810. The smallest absolute Gasteiger partial charge is 0.391 e. The van der Waals surface area contributed by atoms with E-state index in [9.17, 15) is 19.4 Å². The third-order valence-electron chi connectivity index (χ3n) is 12.5. The molecule has 0 radical (unpaired) electrons. The molecule has 0 saturated carbocycles. The molecule has 0 aliphatic heterocycles. The van der Waals surface area contributed by atoms with Crippen LogP contribution in [0.3, 0.4) is 0 Å². The molecule has 0 aliphatic carbocycles. The van der Waals surface area contributed by atoms with E-state index < -0.39 is 20.0 Å². The summed E-state index contributed by atoms with van der Waals surface area (Å²) in [6, 6.07) is -0.759. The van der Waals surface area contributed by atoms with Crippen molar-refractivity contribution in [3.63, 3.8) is 0 Å². The van der Waals surface area contributed by atoms with Crippen molar-refractivity contribution in [3.05, 3.63) is 60.8 Å². The van der Waals surface area contributed by atoms with E-state index >= 15 is 0 Å². The zero-order valence-corrected chi connectivity index (χ0v) is 45.5. The van der Waals surface area contributed by atoms with E-state index in [1.165, 1.54) is 154 Å². The van der Waals surface area contributed by atoms with Gasteiger partial charge in [-0.2, -0.15) is 0 Å². The monoisotopic (exact) mass is 962 g/mol. The highest BCUT2D eigenvalue weighted by atomic mass is 31.2. The molecule has 3 N–H and O–H groups in total. The first-order valence-electron chi connectivity index (χ1n) is 28.2. The maximum atomic E-state index is 12.9. The first-order chi connectivity index (χ1) is 32.5. The molecule has 392 valence electrons. The Morgan fingerprint density at radius 3 is 1.31 bits per heavy atom. The Morgan fingerprint density at radius 1 is 0.522 bits per heavy atom. The van der Waals surface area contributed by atoms with Crippen LogP contribution in [0.25, 0.3) is 0 Å². The second-order valence-electron chi connectivity index (χ2n) is 20.3. The molecular weight excluding hydrogens is 852 g/mol. The predicted octanol–water partition coefficient (Wildman–Crippen LogP) is 16.9. The van der Waals surface area contributed by atoms with Crippen LogP contribution in [0.5, 0.6) is 0 Å². The van der Waals surface area contributed by atoms with Crippen molar-refractivity contribution in [3.8, 4) is 0 Å². The van der Waals surface area contributed by atoms with Crippen molar-refractivity contribution in [2.24, 2.45) is 0 Å². The first kappa shape index (κ1) is 65.2. The van der Waals surface area contributed by atoms with Gasteiger partial charge in [0.1, 0.15) is 13.2 Å². The Bertz CT molecular complexity index is 1270. The summed E-state index contributed by atoms with van der Waals surface area (Å²) < 4.78 is 23.7. The van der Waals surface area contributed by atoms with Crippen LogP contribution in [0.2, 0.25) is 0 Å². The number of nitrogens with zero attached hydrogens (tertiary/aromatic N) is 1. The number of phosphoric acid groups is 1. The van der Waals surface area contributed by atoms with Gasteiger partial charge in [0, 0.05) is 6.42 Å². The van der Waals surface area contributed by atoms with E-state index in [1.54, 1.807) is 0 Å². The van der Waals surface area contributed by atoms with Crippen molar-refractivity contribution in [1.29, 1.82) is 0 Å². The summed E-state index contributed by atoms with van der Waals surface area (Å²) in [5.74, 6) is -0.145. The van der Waals surface area contributed by atoms with Gasteiger partial charge in [-0.25, -0.2) is 4.57 Å². The van der Waals surface area contributed by atoms with E-state index in [0.29, 0.717) is 23.9 Å². The van der Waals surface area contributed by atoms with Gasteiger partial charge in [0.05, 0.1) is 39.9 Å². The number of amides is 1. The van der Waals surface area contributed by atoms with Gasteiger partial charge in [0.15, 0.2) is 0 Å². The summed E-state index contributed by atoms with van der Waals surface area (Å²) in [5, 5.41) is 14.0. The number of allylic oxidation sites excluding steroid dienone is 10. The Morgan fingerprint density at radius 2 is 0.896 bits per heavy atom. The number of hydrogen-bond acceptors (Lipinski definition) is 5. The number of aliphatic hydroxyl groups is 1. The maximum absolute atomic E-state index is 12.9. The van der Waals surface area contributed by atoms with Gasteiger partial charge < -0.3 is 19.8 Å². The summed E-state index contributed by atoms with van der Waals surface area (Å²) in [6.45, 7) is 4.77. The fourth-order valence-electron chi connectivity index (χ4n) is 8.13. The largest absolute Gasteiger partial charge is 0.472 e. The SMILES string of the molecule is CC/C=C\C/C=C\C/C=C\C/C=C\C/C=C\CCCCCCCCCCCCCCCCCCCCCC(=O)NC(COP(=O)(O)OCC[N+](C)(C)C)C(O)CCCCCCCCCCCC. The van der Waals surface area contributed by atoms with Crippen molar-refractivity contribution in [2.45, 2.75) is 264 Å². The average Bonchev–Trinajstić information content (AvgIpc) is 3.29. The molecule has 0 aromatic carbocycles. The Kier molecular flexibility index (Phi) is 47.9. The lowest BCUT2D eigenvalue weighted by molar-refractivity contribution is -0.870. The molecule has 0 heterocycles. The number of likely N-dealkylation sites (N-methyl/N-ethyl adjacent to an activating group) is 1. The summed E-state index contributed by atoms with van der Waals surface area (Å²) in [5.41, 5.74) is 0. The van der Waals surface area contributed by atoms with Gasteiger partial charge in [-0.1, -0.05) is 248 Å². The standard InChI is InChI=1S/C58H109N2O6P/c1-6-8-10-12-14-16-18-19-20-21-22-23-24-25-26-27-28-29-30-31-32-33-34-35-36-37-38-39-40-41-42-44-46-48-50-52-58(62)59-56(55-66-67(63,64)65-54-53-60(3,4)5)57(61)51-49-47-45-43-17-15-13-11-9-7-2/h8,10,14,16,19-20,22-23,25-26,56-57,61H,6-7,9,11-13,15,17-18,21,24,27-55H2,1-5H3,(H-,59,62,63,64)/p+1/b10-8-,16-14-,20-19-,23-22-,26-25-. The van der Waals surface area contributed by atoms with Crippen molar-refractivity contribution in [1.82, 2.24) is 5.32 Å². The van der Waals surface area contributed by atoms with E-state index in [-0.39, 0.29) is 19.1 Å². The molecule has 0 fully saturated rings. The number of nitrogens with one attached hydrogen (secondary N) is 1. The quantitative estimate of drug-likeness (QED) is 0.0243. The van der Waals surface area contributed by atoms with Crippen LogP contribution in [0, 0.1) is 0 Å². The number of phosphoric ester groups is 1. The Labute approximate surface area is 415 Å². The van der Waals surface area contributed by atoms with Crippen LogP contribution >= 0.6 is 7.82 Å². The number of carbonyl (C=O) groups excluding carboxylic acids is 1. The second-order valence-corrected chi connectivity index (χ2v) is 21.7. The summed E-state index contributed by atoms with van der Waals surface area (Å²) in [6.07, 6.45) is 65.8. The Hall–Kier alpha value is -1.80. The highest BCUT2D eigenvalue weighted by Gasteiger charge is 2.28. The predicted molar refractivity (Wildman–Crippen MR) is 290 cm³/mol. The molecule has 1 amide bonds. The summed E-state index contributed by atoms with van der Waals surface area (Å²) in [4.78, 5) is 23.2. The molecule has 0 bridgehead atoms. The second kappa shape index (κ2) is 49.2. The van der Waals surface area contributed by atoms with E-state index in [1.807, 2.05) is 21.1 Å². The lowest BCUT2D eigenvalue weighted by Crippen LogP contribution is -2.46. The molecular formula is C58H110N2O6P+. The molecule has 0 saturated heterocycles. The topological polar surface area (TPSA) is 105 Å². The lowest BCUT2D eigenvalue weighted by atomic mass is 10.0. The number of hydrogen-bond donors (Lipinski definition) is 3. The average molecular weight is 962 g/mol. The molecule has 8 nitrogen and oxygen atoms in total. The van der Waals surface area contributed by atoms with E-state index in [0.717, 1.165) is 70.6 Å². The minimum absolute atomic E-state index is 0.0747. The zero-order chi connectivity index (χ0) is 49.2. The lowest BCUT2D eigenvalue weighted by Gasteiger charge is -2.26. The minimum Gasteiger partial charge on any atom is -0.391 e. The fourth-order valence-corrected chi connectivity index (χ4v) is 8.87. The van der Waals surface area contributed by atoms with Gasteiger partial charge in [0.25, 0.3) is 0 Å². The van der Waals surface area contributed by atoms with Crippen LogP contribution < -0.4 is 5.32 Å². The molecule has 67 heavy (non-hydrogen) atoms. The minimum atomic E-state index is -4.31. The highest BCUT2D eigenvalue weighted by Crippen LogP contribution is 2.43. The number of quaternary nitrogens is 1. The first-order valence-corrected chi connectivity index (χ1v) is 29.6. The number of carbonyl (C=O) groups is 1.